The Morgan fingerprint density at radius 2 is 1.33 bits per heavy atom. The van der Waals surface area contributed by atoms with Gasteiger partial charge < -0.3 is 30.4 Å². The van der Waals surface area contributed by atoms with E-state index < -0.39 is 55.7 Å². The van der Waals surface area contributed by atoms with E-state index in [9.17, 15) is 39.3 Å². The van der Waals surface area contributed by atoms with E-state index >= 15 is 0 Å². The van der Waals surface area contributed by atoms with Gasteiger partial charge in [0, 0.05) is 26.2 Å². The Bertz CT molecular complexity index is 865. The number of hydroxylamine groups is 2. The maximum atomic E-state index is 11.9. The van der Waals surface area contributed by atoms with Crippen molar-refractivity contribution in [1.29, 1.82) is 0 Å². The molecule has 0 aliphatic carbocycles. The number of hydrogen-bond donors (Lipinski definition) is 5. The molecule has 0 aliphatic heterocycles. The van der Waals surface area contributed by atoms with Crippen molar-refractivity contribution in [3.8, 4) is 0 Å². The number of hydrogen-bond acceptors (Lipinski definition) is 9. The zero-order valence-electron chi connectivity index (χ0n) is 19.6. The largest absolute Gasteiger partial charge is 0.525 e. The van der Waals surface area contributed by atoms with E-state index in [-0.39, 0.29) is 32.6 Å². The lowest BCUT2D eigenvalue weighted by atomic mass is 10.0. The lowest BCUT2D eigenvalue weighted by Crippen LogP contribution is -2.49. The molecule has 0 amide bonds. The lowest BCUT2D eigenvalue weighted by Gasteiger charge is -2.30. The molecule has 1 aromatic carbocycles. The lowest BCUT2D eigenvalue weighted by molar-refractivity contribution is -0.159. The highest BCUT2D eigenvalue weighted by molar-refractivity contribution is 5.75. The first-order valence-corrected chi connectivity index (χ1v) is 11.0. The number of carboxylic acids is 4. The molecule has 200 valence electrons. The summed E-state index contributed by atoms with van der Waals surface area (Å²) in [6, 6.07) is 8.24. The van der Waals surface area contributed by atoms with Crippen LogP contribution in [0.25, 0.3) is 0 Å². The molecule has 0 heterocycles. The first-order chi connectivity index (χ1) is 17.0. The van der Waals surface area contributed by atoms with Crippen LogP contribution in [0.2, 0.25) is 0 Å². The second-order valence-electron chi connectivity index (χ2n) is 7.88. The quantitative estimate of drug-likeness (QED) is 0.157. The summed E-state index contributed by atoms with van der Waals surface area (Å²) in [4.78, 5) is 63.2. The summed E-state index contributed by atoms with van der Waals surface area (Å²) in [5.74, 6) is -5.07. The first kappa shape index (κ1) is 30.3. The van der Waals surface area contributed by atoms with Crippen molar-refractivity contribution in [1.82, 2.24) is 14.9 Å². The van der Waals surface area contributed by atoms with Gasteiger partial charge in [-0.05, 0) is 24.8 Å². The van der Waals surface area contributed by atoms with Crippen LogP contribution in [0.3, 0.4) is 0 Å². The van der Waals surface area contributed by atoms with Gasteiger partial charge in [0.25, 0.3) is 0 Å². The predicted octanol–water partition coefficient (Wildman–Crippen LogP) is 0.232. The van der Waals surface area contributed by atoms with Gasteiger partial charge in [0.2, 0.25) is 0 Å². The van der Waals surface area contributed by atoms with Gasteiger partial charge in [0.15, 0.2) is 0 Å². The van der Waals surface area contributed by atoms with E-state index in [0.29, 0.717) is 17.9 Å². The second kappa shape index (κ2) is 16.0. The summed E-state index contributed by atoms with van der Waals surface area (Å²) in [7, 11) is 0. The van der Waals surface area contributed by atoms with Crippen molar-refractivity contribution in [3.63, 3.8) is 0 Å². The topological polar surface area (TPSA) is 205 Å². The fourth-order valence-electron chi connectivity index (χ4n) is 3.53. The number of aliphatic carboxylic acids is 4. The van der Waals surface area contributed by atoms with Crippen molar-refractivity contribution in [3.05, 3.63) is 35.9 Å². The predicted molar refractivity (Wildman–Crippen MR) is 122 cm³/mol. The molecule has 14 nitrogen and oxygen atoms in total. The minimum absolute atomic E-state index is 0.0734. The summed E-state index contributed by atoms with van der Waals surface area (Å²) in [6.07, 6.45) is -0.505. The molecule has 0 bridgehead atoms. The molecule has 1 aromatic rings. The summed E-state index contributed by atoms with van der Waals surface area (Å²) in [5, 5.41) is 46.5. The fourth-order valence-corrected chi connectivity index (χ4v) is 3.53. The smallest absolute Gasteiger partial charge is 0.480 e. The normalized spacial score (nSPS) is 12.0. The number of benzene rings is 1. The highest BCUT2D eigenvalue weighted by Gasteiger charge is 2.28. The Labute approximate surface area is 206 Å². The van der Waals surface area contributed by atoms with Crippen molar-refractivity contribution in [2.45, 2.75) is 25.3 Å². The Morgan fingerprint density at radius 1 is 0.750 bits per heavy atom. The van der Waals surface area contributed by atoms with E-state index in [1.807, 2.05) is 30.3 Å². The van der Waals surface area contributed by atoms with Crippen LogP contribution in [0.1, 0.15) is 18.4 Å². The number of carbonyl (C=O) groups is 5. The number of rotatable bonds is 19. The van der Waals surface area contributed by atoms with Crippen LogP contribution < -0.4 is 0 Å². The average molecular weight is 514 g/mol. The maximum Gasteiger partial charge on any atom is 0.525 e. The van der Waals surface area contributed by atoms with E-state index in [1.165, 1.54) is 9.80 Å². The molecule has 5 N–H and O–H groups in total. The maximum absolute atomic E-state index is 11.9. The molecule has 1 atom stereocenters. The van der Waals surface area contributed by atoms with E-state index in [0.717, 1.165) is 5.56 Å². The Hall–Kier alpha value is -3.75. The highest BCUT2D eigenvalue weighted by atomic mass is 16.8. The summed E-state index contributed by atoms with van der Waals surface area (Å²) >= 11 is 0. The van der Waals surface area contributed by atoms with Crippen LogP contribution in [-0.4, -0.2) is 122 Å². The number of nitrogens with zero attached hydrogens (tertiary/aromatic N) is 3. The molecular formula is C22H31N3O11. The molecule has 0 radical (unpaired) electrons. The third kappa shape index (κ3) is 13.2. The zero-order valence-corrected chi connectivity index (χ0v) is 19.6. The van der Waals surface area contributed by atoms with Gasteiger partial charge in [0.05, 0.1) is 13.1 Å². The highest BCUT2D eigenvalue weighted by Crippen LogP contribution is 2.12. The zero-order chi connectivity index (χ0) is 27.1. The molecule has 0 aromatic heterocycles. The minimum atomic E-state index is -1.74. The monoisotopic (exact) mass is 513 g/mol. The molecular weight excluding hydrogens is 482 g/mol. The summed E-state index contributed by atoms with van der Waals surface area (Å²) in [6.45, 7) is -2.50. The third-order valence-electron chi connectivity index (χ3n) is 5.10. The SMILES string of the molecule is O=C(O)CN(CCN(CC(=O)O)OC(=O)O)CCN(CC(=O)O)C(CCCc1ccccc1)C(=O)O. The molecule has 14 heteroatoms. The van der Waals surface area contributed by atoms with Crippen LogP contribution >= 0.6 is 0 Å². The van der Waals surface area contributed by atoms with Gasteiger partial charge >= 0.3 is 30.0 Å². The van der Waals surface area contributed by atoms with Crippen molar-refractivity contribution >= 4 is 30.0 Å². The molecule has 0 saturated heterocycles. The molecule has 0 aliphatic rings. The van der Waals surface area contributed by atoms with Gasteiger partial charge in [-0.15, -0.1) is 5.06 Å². The third-order valence-corrected chi connectivity index (χ3v) is 5.10. The standard InChI is InChI=1S/C22H31N3O11/c26-18(27)13-23(10-12-25(15-20(30)31)36-22(34)35)9-11-24(14-19(28)29)17(21(32)33)8-4-7-16-5-2-1-3-6-16/h1-3,5-6,17H,4,7-15H2,(H,26,27)(H,28,29)(H,30,31)(H,32,33)(H,34,35). The van der Waals surface area contributed by atoms with Crippen LogP contribution in [0.15, 0.2) is 30.3 Å². The summed E-state index contributed by atoms with van der Waals surface area (Å²) in [5.41, 5.74) is 1.01. The Balaban J connectivity index is 2.85. The fraction of sp³-hybridized carbons (Fsp3) is 0.500. The minimum Gasteiger partial charge on any atom is -0.480 e. The number of aryl methyl sites for hydroxylation is 1. The Morgan fingerprint density at radius 3 is 1.86 bits per heavy atom. The average Bonchev–Trinajstić information content (AvgIpc) is 2.76. The van der Waals surface area contributed by atoms with E-state index in [1.54, 1.807) is 0 Å². The van der Waals surface area contributed by atoms with Crippen LogP contribution in [-0.2, 0) is 30.4 Å². The summed E-state index contributed by atoms with van der Waals surface area (Å²) < 4.78 is 0. The van der Waals surface area contributed by atoms with Crippen molar-refractivity contribution in [2.24, 2.45) is 0 Å². The van der Waals surface area contributed by atoms with Crippen molar-refractivity contribution in [2.75, 3.05) is 45.8 Å². The van der Waals surface area contributed by atoms with Crippen molar-refractivity contribution < 1.29 is 54.3 Å². The molecule has 36 heavy (non-hydrogen) atoms. The van der Waals surface area contributed by atoms with Gasteiger partial charge in [0.1, 0.15) is 12.6 Å². The molecule has 1 unspecified atom stereocenters. The second-order valence-corrected chi connectivity index (χ2v) is 7.88. The van der Waals surface area contributed by atoms with E-state index in [2.05, 4.69) is 4.84 Å². The Kier molecular flexibility index (Phi) is 13.5. The van der Waals surface area contributed by atoms with Crippen LogP contribution in [0, 0.1) is 0 Å². The van der Waals surface area contributed by atoms with Gasteiger partial charge in [-0.25, -0.2) is 4.79 Å². The van der Waals surface area contributed by atoms with Crippen LogP contribution in [0.5, 0.6) is 0 Å². The first-order valence-electron chi connectivity index (χ1n) is 11.0. The van der Waals surface area contributed by atoms with E-state index in [4.69, 9.17) is 10.2 Å². The van der Waals surface area contributed by atoms with Crippen LogP contribution in [0.4, 0.5) is 4.79 Å². The molecule has 0 fully saturated rings. The molecule has 0 saturated carbocycles. The van der Waals surface area contributed by atoms with Gasteiger partial charge in [-0.1, -0.05) is 30.3 Å². The molecule has 1 rings (SSSR count). The van der Waals surface area contributed by atoms with Gasteiger partial charge in [-0.2, -0.15) is 0 Å². The van der Waals surface area contributed by atoms with Gasteiger partial charge in [-0.3, -0.25) is 29.0 Å². The molecule has 0 spiro atoms. The number of carboxylic acid groups (broad SMARTS) is 5.